The van der Waals surface area contributed by atoms with Gasteiger partial charge in [-0.25, -0.2) is 0 Å². The topological polar surface area (TPSA) is 46.3 Å². The van der Waals surface area contributed by atoms with Gasteiger partial charge in [0.15, 0.2) is 0 Å². The Morgan fingerprint density at radius 3 is 2.57 bits per heavy atom. The minimum Gasteiger partial charge on any atom is -0.338 e. The summed E-state index contributed by atoms with van der Waals surface area (Å²) < 4.78 is 0. The van der Waals surface area contributed by atoms with Gasteiger partial charge in [0.2, 0.25) is 5.91 Å². The van der Waals surface area contributed by atoms with Crippen LogP contribution in [-0.4, -0.2) is 29.4 Å². The third-order valence-electron chi connectivity index (χ3n) is 2.78. The van der Waals surface area contributed by atoms with Crippen molar-refractivity contribution in [2.45, 2.75) is 58.0 Å². The highest BCUT2D eigenvalue weighted by Gasteiger charge is 2.33. The smallest absolute Gasteiger partial charge is 0.239 e. The van der Waals surface area contributed by atoms with Crippen LogP contribution in [0.2, 0.25) is 0 Å². The Balaban J connectivity index is 2.44. The third kappa shape index (κ3) is 2.98. The summed E-state index contributed by atoms with van der Waals surface area (Å²) in [5.41, 5.74) is 5.76. The zero-order chi connectivity index (χ0) is 10.6. The van der Waals surface area contributed by atoms with Crippen molar-refractivity contribution in [2.24, 2.45) is 5.73 Å². The van der Waals surface area contributed by atoms with Crippen LogP contribution >= 0.6 is 0 Å². The molecule has 1 amide bonds. The van der Waals surface area contributed by atoms with Gasteiger partial charge in [-0.1, -0.05) is 20.3 Å². The molecule has 14 heavy (non-hydrogen) atoms. The molecule has 0 aromatic carbocycles. The lowest BCUT2D eigenvalue weighted by Crippen LogP contribution is -2.45. The predicted molar refractivity (Wildman–Crippen MR) is 57.9 cm³/mol. The van der Waals surface area contributed by atoms with Crippen LogP contribution in [0.25, 0.3) is 0 Å². The zero-order valence-electron chi connectivity index (χ0n) is 9.33. The highest BCUT2D eigenvalue weighted by molar-refractivity contribution is 5.82. The minimum atomic E-state index is -0.285. The Labute approximate surface area is 86.6 Å². The molecule has 0 unspecified atom stereocenters. The molecule has 0 radical (unpaired) electrons. The van der Waals surface area contributed by atoms with Gasteiger partial charge in [-0.2, -0.15) is 0 Å². The number of nitrogens with zero attached hydrogens (tertiary/aromatic N) is 1. The first kappa shape index (κ1) is 11.5. The normalized spacial score (nSPS) is 17.9. The summed E-state index contributed by atoms with van der Waals surface area (Å²) in [5.74, 6) is 0.156. The lowest BCUT2D eigenvalue weighted by molar-refractivity contribution is -0.133. The second kappa shape index (κ2) is 5.35. The Morgan fingerprint density at radius 2 is 2.14 bits per heavy atom. The van der Waals surface area contributed by atoms with Crippen LogP contribution in [0.1, 0.15) is 46.0 Å². The second-order valence-corrected chi connectivity index (χ2v) is 4.13. The van der Waals surface area contributed by atoms with E-state index in [9.17, 15) is 4.79 Å². The molecule has 1 aliphatic rings. The van der Waals surface area contributed by atoms with E-state index in [1.165, 1.54) is 12.8 Å². The summed E-state index contributed by atoms with van der Waals surface area (Å²) in [6, 6.07) is 0.221. The Morgan fingerprint density at radius 1 is 1.50 bits per heavy atom. The largest absolute Gasteiger partial charge is 0.338 e. The summed E-state index contributed by atoms with van der Waals surface area (Å²) in [5, 5.41) is 0. The molecule has 0 saturated heterocycles. The number of hydrogen-bond acceptors (Lipinski definition) is 2. The molecule has 0 aromatic rings. The van der Waals surface area contributed by atoms with E-state index in [0.29, 0.717) is 6.04 Å². The summed E-state index contributed by atoms with van der Waals surface area (Å²) >= 11 is 0. The number of carbonyl (C=O) groups is 1. The van der Waals surface area contributed by atoms with E-state index in [2.05, 4.69) is 6.92 Å². The lowest BCUT2D eigenvalue weighted by Gasteiger charge is -2.25. The van der Waals surface area contributed by atoms with Crippen molar-refractivity contribution in [1.29, 1.82) is 0 Å². The molecule has 1 aliphatic carbocycles. The molecule has 0 spiro atoms. The summed E-state index contributed by atoms with van der Waals surface area (Å²) in [4.78, 5) is 13.9. The molecule has 0 heterocycles. The van der Waals surface area contributed by atoms with Gasteiger partial charge >= 0.3 is 0 Å². The van der Waals surface area contributed by atoms with E-state index in [0.717, 1.165) is 25.8 Å². The highest BCUT2D eigenvalue weighted by Crippen LogP contribution is 2.27. The number of nitrogens with two attached hydrogens (primary N) is 1. The van der Waals surface area contributed by atoms with E-state index < -0.39 is 0 Å². The number of rotatable bonds is 6. The monoisotopic (exact) mass is 198 g/mol. The fourth-order valence-corrected chi connectivity index (χ4v) is 1.57. The van der Waals surface area contributed by atoms with Crippen molar-refractivity contribution in [3.63, 3.8) is 0 Å². The molecule has 82 valence electrons. The van der Waals surface area contributed by atoms with Crippen molar-refractivity contribution in [3.05, 3.63) is 0 Å². The molecule has 1 rings (SSSR count). The van der Waals surface area contributed by atoms with Gasteiger partial charge in [-0.15, -0.1) is 0 Å². The molecular formula is C11H22N2O. The average molecular weight is 198 g/mol. The molecular weight excluding hydrogens is 176 g/mol. The fraction of sp³-hybridized carbons (Fsp3) is 0.909. The highest BCUT2D eigenvalue weighted by atomic mass is 16.2. The van der Waals surface area contributed by atoms with Crippen LogP contribution in [0.5, 0.6) is 0 Å². The van der Waals surface area contributed by atoms with Gasteiger partial charge in [0.25, 0.3) is 0 Å². The molecule has 0 bridgehead atoms. The maximum absolute atomic E-state index is 11.9. The number of amides is 1. The standard InChI is InChI=1S/C11H22N2O/c1-3-5-8-13(9-6-7-9)11(14)10(12)4-2/h9-10H,3-8,12H2,1-2H3/t10-/m1/s1. The maximum atomic E-state index is 11.9. The lowest BCUT2D eigenvalue weighted by atomic mass is 10.2. The molecule has 3 nitrogen and oxygen atoms in total. The molecule has 1 fully saturated rings. The maximum Gasteiger partial charge on any atom is 0.239 e. The van der Waals surface area contributed by atoms with Crippen molar-refractivity contribution in [2.75, 3.05) is 6.54 Å². The quantitative estimate of drug-likeness (QED) is 0.703. The Kier molecular flexibility index (Phi) is 4.39. The molecule has 2 N–H and O–H groups in total. The predicted octanol–water partition coefficient (Wildman–Crippen LogP) is 1.51. The minimum absolute atomic E-state index is 0.156. The third-order valence-corrected chi connectivity index (χ3v) is 2.78. The SMILES string of the molecule is CCCCN(C(=O)[C@H](N)CC)C1CC1. The number of hydrogen-bond donors (Lipinski definition) is 1. The van der Waals surface area contributed by atoms with Gasteiger partial charge in [0, 0.05) is 12.6 Å². The molecule has 0 aromatic heterocycles. The van der Waals surface area contributed by atoms with Crippen molar-refractivity contribution in [3.8, 4) is 0 Å². The Hall–Kier alpha value is -0.570. The van der Waals surface area contributed by atoms with Crippen molar-refractivity contribution in [1.82, 2.24) is 4.90 Å². The summed E-state index contributed by atoms with van der Waals surface area (Å²) in [7, 11) is 0. The van der Waals surface area contributed by atoms with E-state index in [1.807, 2.05) is 11.8 Å². The fourth-order valence-electron chi connectivity index (χ4n) is 1.57. The van der Waals surface area contributed by atoms with Gasteiger partial charge in [0.05, 0.1) is 6.04 Å². The van der Waals surface area contributed by atoms with Crippen LogP contribution < -0.4 is 5.73 Å². The molecule has 1 saturated carbocycles. The molecule has 1 atom stereocenters. The first-order chi connectivity index (χ1) is 6.70. The summed E-state index contributed by atoms with van der Waals surface area (Å²) in [6.07, 6.45) is 5.32. The van der Waals surface area contributed by atoms with Crippen molar-refractivity contribution < 1.29 is 4.79 Å². The van der Waals surface area contributed by atoms with E-state index in [-0.39, 0.29) is 11.9 Å². The first-order valence-corrected chi connectivity index (χ1v) is 5.76. The van der Waals surface area contributed by atoms with Crippen LogP contribution in [0.3, 0.4) is 0 Å². The molecule has 3 heteroatoms. The second-order valence-electron chi connectivity index (χ2n) is 4.13. The van der Waals surface area contributed by atoms with E-state index in [1.54, 1.807) is 0 Å². The van der Waals surface area contributed by atoms with Crippen molar-refractivity contribution >= 4 is 5.91 Å². The Bertz CT molecular complexity index is 190. The van der Waals surface area contributed by atoms with E-state index >= 15 is 0 Å². The average Bonchev–Trinajstić information content (AvgIpc) is 3.01. The van der Waals surface area contributed by atoms with Gasteiger partial charge < -0.3 is 10.6 Å². The van der Waals surface area contributed by atoms with Gasteiger partial charge in [-0.3, -0.25) is 4.79 Å². The van der Waals surface area contributed by atoms with Crippen LogP contribution in [0.15, 0.2) is 0 Å². The van der Waals surface area contributed by atoms with Gasteiger partial charge in [0.1, 0.15) is 0 Å². The van der Waals surface area contributed by atoms with Crippen LogP contribution in [0.4, 0.5) is 0 Å². The van der Waals surface area contributed by atoms with Gasteiger partial charge in [-0.05, 0) is 25.7 Å². The summed E-state index contributed by atoms with van der Waals surface area (Å²) in [6.45, 7) is 5.01. The van der Waals surface area contributed by atoms with Crippen LogP contribution in [0, 0.1) is 0 Å². The number of carbonyl (C=O) groups excluding carboxylic acids is 1. The van der Waals surface area contributed by atoms with Crippen LogP contribution in [-0.2, 0) is 4.79 Å². The zero-order valence-corrected chi connectivity index (χ0v) is 9.33. The first-order valence-electron chi connectivity index (χ1n) is 5.76. The molecule has 0 aliphatic heterocycles. The number of unbranched alkanes of at least 4 members (excludes halogenated alkanes) is 1. The van der Waals surface area contributed by atoms with E-state index in [4.69, 9.17) is 5.73 Å².